The van der Waals surface area contributed by atoms with Crippen LogP contribution >= 0.6 is 0 Å². The molecule has 3 nitrogen and oxygen atoms in total. The third-order valence-electron chi connectivity index (χ3n) is 4.23. The third kappa shape index (κ3) is 3.55. The van der Waals surface area contributed by atoms with Gasteiger partial charge in [-0.1, -0.05) is 30.3 Å². The van der Waals surface area contributed by atoms with Gasteiger partial charge in [0.25, 0.3) is 0 Å². The minimum absolute atomic E-state index is 0.370. The lowest BCUT2D eigenvalue weighted by Crippen LogP contribution is -2.25. The van der Waals surface area contributed by atoms with Gasteiger partial charge < -0.3 is 15.2 Å². The average Bonchev–Trinajstić information content (AvgIpc) is 2.54. The largest absolute Gasteiger partial charge is 0.508 e. The lowest BCUT2D eigenvalue weighted by atomic mass is 10.0. The van der Waals surface area contributed by atoms with Crippen molar-refractivity contribution in [3.63, 3.8) is 0 Å². The molecular weight excluding hydrogens is 262 g/mol. The molecule has 3 rings (SSSR count). The van der Waals surface area contributed by atoms with Crippen molar-refractivity contribution < 1.29 is 9.84 Å². The van der Waals surface area contributed by atoms with Crippen molar-refractivity contribution >= 4 is 10.8 Å². The van der Waals surface area contributed by atoms with E-state index in [-0.39, 0.29) is 0 Å². The molecule has 1 atom stereocenters. The van der Waals surface area contributed by atoms with Crippen molar-refractivity contribution in [1.82, 2.24) is 5.32 Å². The number of phenols is 1. The van der Waals surface area contributed by atoms with Gasteiger partial charge in [0.2, 0.25) is 0 Å². The Balaban J connectivity index is 1.58. The monoisotopic (exact) mass is 285 g/mol. The molecule has 0 spiro atoms. The second-order valence-electron chi connectivity index (χ2n) is 5.74. The first-order valence-electron chi connectivity index (χ1n) is 7.86. The Hall–Kier alpha value is -1.58. The predicted octanol–water partition coefficient (Wildman–Crippen LogP) is 3.59. The number of ether oxygens (including phenoxy) is 1. The SMILES string of the molecule is Oc1ccc2ccccc2c1CNCCC1CCCCO1. The van der Waals surface area contributed by atoms with Crippen LogP contribution in [0.4, 0.5) is 0 Å². The smallest absolute Gasteiger partial charge is 0.120 e. The van der Waals surface area contributed by atoms with E-state index in [9.17, 15) is 5.11 Å². The Bertz CT molecular complexity index is 591. The molecule has 21 heavy (non-hydrogen) atoms. The number of phenolic OH excluding ortho intramolecular Hbond substituents is 1. The normalized spacial score (nSPS) is 19.0. The van der Waals surface area contributed by atoms with Crippen molar-refractivity contribution in [3.8, 4) is 5.75 Å². The standard InChI is InChI=1S/C18H23NO2/c20-18-9-8-14-5-1-2-7-16(14)17(18)13-19-11-10-15-6-3-4-12-21-15/h1-2,5,7-9,15,19-20H,3-4,6,10-13H2. The van der Waals surface area contributed by atoms with E-state index in [1.807, 2.05) is 18.2 Å². The van der Waals surface area contributed by atoms with E-state index in [0.29, 0.717) is 18.4 Å². The maximum absolute atomic E-state index is 10.1. The quantitative estimate of drug-likeness (QED) is 0.825. The number of fused-ring (bicyclic) bond motifs is 1. The van der Waals surface area contributed by atoms with Crippen LogP contribution in [0.5, 0.6) is 5.75 Å². The minimum Gasteiger partial charge on any atom is -0.508 e. The van der Waals surface area contributed by atoms with Gasteiger partial charge in [0.05, 0.1) is 6.10 Å². The molecule has 0 radical (unpaired) electrons. The van der Waals surface area contributed by atoms with Crippen molar-refractivity contribution in [3.05, 3.63) is 42.0 Å². The highest BCUT2D eigenvalue weighted by Crippen LogP contribution is 2.26. The molecule has 2 N–H and O–H groups in total. The lowest BCUT2D eigenvalue weighted by Gasteiger charge is -2.22. The summed E-state index contributed by atoms with van der Waals surface area (Å²) < 4.78 is 5.73. The molecule has 0 amide bonds. The second-order valence-corrected chi connectivity index (χ2v) is 5.74. The number of hydrogen-bond donors (Lipinski definition) is 2. The van der Waals surface area contributed by atoms with Gasteiger partial charge in [-0.3, -0.25) is 0 Å². The van der Waals surface area contributed by atoms with Crippen molar-refractivity contribution in [1.29, 1.82) is 0 Å². The highest BCUT2D eigenvalue weighted by molar-refractivity contribution is 5.87. The summed E-state index contributed by atoms with van der Waals surface area (Å²) >= 11 is 0. The molecule has 1 fully saturated rings. The highest BCUT2D eigenvalue weighted by atomic mass is 16.5. The van der Waals surface area contributed by atoms with E-state index < -0.39 is 0 Å². The zero-order valence-corrected chi connectivity index (χ0v) is 12.3. The molecule has 2 aromatic rings. The first-order valence-corrected chi connectivity index (χ1v) is 7.86. The summed E-state index contributed by atoms with van der Waals surface area (Å²) in [5.41, 5.74) is 0.984. The van der Waals surface area contributed by atoms with Gasteiger partial charge in [-0.25, -0.2) is 0 Å². The van der Waals surface area contributed by atoms with Crippen LogP contribution in [0.1, 0.15) is 31.2 Å². The van der Waals surface area contributed by atoms with Gasteiger partial charge in [-0.15, -0.1) is 0 Å². The molecule has 1 saturated heterocycles. The Morgan fingerprint density at radius 2 is 2.05 bits per heavy atom. The number of aromatic hydroxyl groups is 1. The van der Waals surface area contributed by atoms with Crippen molar-refractivity contribution in [2.45, 2.75) is 38.3 Å². The molecular formula is C18H23NO2. The van der Waals surface area contributed by atoms with E-state index in [2.05, 4.69) is 17.4 Å². The van der Waals surface area contributed by atoms with E-state index in [0.717, 1.165) is 30.5 Å². The van der Waals surface area contributed by atoms with E-state index >= 15 is 0 Å². The number of nitrogens with one attached hydrogen (secondary N) is 1. The number of benzene rings is 2. The fourth-order valence-corrected chi connectivity index (χ4v) is 3.02. The van der Waals surface area contributed by atoms with Crippen LogP contribution in [0, 0.1) is 0 Å². The molecule has 3 heteroatoms. The molecule has 0 aliphatic carbocycles. The van der Waals surface area contributed by atoms with Gasteiger partial charge in [-0.2, -0.15) is 0 Å². The molecule has 1 aliphatic rings. The zero-order chi connectivity index (χ0) is 14.5. The van der Waals surface area contributed by atoms with E-state index in [1.165, 1.54) is 24.6 Å². The first kappa shape index (κ1) is 14.4. The Kier molecular flexibility index (Phi) is 4.73. The summed E-state index contributed by atoms with van der Waals surface area (Å²) in [7, 11) is 0. The van der Waals surface area contributed by atoms with Crippen molar-refractivity contribution in [2.24, 2.45) is 0 Å². The molecule has 2 aromatic carbocycles. The fraction of sp³-hybridized carbons (Fsp3) is 0.444. The summed E-state index contributed by atoms with van der Waals surface area (Å²) in [6.45, 7) is 2.53. The van der Waals surface area contributed by atoms with Gasteiger partial charge in [0, 0.05) is 18.7 Å². The maximum Gasteiger partial charge on any atom is 0.120 e. The highest BCUT2D eigenvalue weighted by Gasteiger charge is 2.13. The molecule has 1 heterocycles. The van der Waals surface area contributed by atoms with Crippen LogP contribution in [0.25, 0.3) is 10.8 Å². The fourth-order valence-electron chi connectivity index (χ4n) is 3.02. The van der Waals surface area contributed by atoms with Crippen molar-refractivity contribution in [2.75, 3.05) is 13.2 Å². The number of rotatable bonds is 5. The zero-order valence-electron chi connectivity index (χ0n) is 12.3. The van der Waals surface area contributed by atoms with Crippen LogP contribution in [0.2, 0.25) is 0 Å². The summed E-state index contributed by atoms with van der Waals surface area (Å²) in [5, 5.41) is 15.8. The van der Waals surface area contributed by atoms with Crippen LogP contribution in [0.15, 0.2) is 36.4 Å². The molecule has 0 bridgehead atoms. The van der Waals surface area contributed by atoms with Crippen LogP contribution in [-0.2, 0) is 11.3 Å². The summed E-state index contributed by atoms with van der Waals surface area (Å²) in [4.78, 5) is 0. The molecule has 0 aromatic heterocycles. The first-order chi connectivity index (χ1) is 10.3. The summed E-state index contributed by atoms with van der Waals surface area (Å²) in [5.74, 6) is 0.370. The minimum atomic E-state index is 0.370. The number of hydrogen-bond acceptors (Lipinski definition) is 3. The Morgan fingerprint density at radius 3 is 2.90 bits per heavy atom. The van der Waals surface area contributed by atoms with Gasteiger partial charge in [-0.05, 0) is 49.1 Å². The van der Waals surface area contributed by atoms with E-state index in [1.54, 1.807) is 6.07 Å². The summed E-state index contributed by atoms with van der Waals surface area (Å²) in [6, 6.07) is 11.9. The third-order valence-corrected chi connectivity index (χ3v) is 4.23. The molecule has 112 valence electrons. The van der Waals surface area contributed by atoms with Gasteiger partial charge >= 0.3 is 0 Å². The van der Waals surface area contributed by atoms with Gasteiger partial charge in [0.1, 0.15) is 5.75 Å². The molecule has 1 aliphatic heterocycles. The Labute approximate surface area is 125 Å². The molecule has 1 unspecified atom stereocenters. The van der Waals surface area contributed by atoms with Gasteiger partial charge in [0.15, 0.2) is 0 Å². The van der Waals surface area contributed by atoms with Crippen LogP contribution in [-0.4, -0.2) is 24.4 Å². The van der Waals surface area contributed by atoms with Crippen LogP contribution < -0.4 is 5.32 Å². The average molecular weight is 285 g/mol. The van der Waals surface area contributed by atoms with Crippen LogP contribution in [0.3, 0.4) is 0 Å². The Morgan fingerprint density at radius 1 is 1.14 bits per heavy atom. The second kappa shape index (κ2) is 6.92. The lowest BCUT2D eigenvalue weighted by molar-refractivity contribution is 0.0115. The summed E-state index contributed by atoms with van der Waals surface area (Å²) in [6.07, 6.45) is 5.13. The molecule has 0 saturated carbocycles. The van der Waals surface area contributed by atoms with E-state index in [4.69, 9.17) is 4.74 Å². The topological polar surface area (TPSA) is 41.5 Å². The maximum atomic E-state index is 10.1. The predicted molar refractivity (Wildman–Crippen MR) is 85.5 cm³/mol.